The number of nitrogens with zero attached hydrogens (tertiary/aromatic N) is 1. The molecular weight excluding hydrogens is 374 g/mol. The third kappa shape index (κ3) is 4.80. The third-order valence-corrected chi connectivity index (χ3v) is 4.72. The molecular formula is C15H19BrClNO2S. The molecule has 6 heteroatoms. The van der Waals surface area contributed by atoms with Crippen molar-refractivity contribution in [3.05, 3.63) is 33.3 Å². The molecule has 0 aromatic heterocycles. The Hall–Kier alpha value is -0.390. The van der Waals surface area contributed by atoms with Crippen LogP contribution in [0.25, 0.3) is 0 Å². The Morgan fingerprint density at radius 1 is 1.43 bits per heavy atom. The van der Waals surface area contributed by atoms with Crippen molar-refractivity contribution in [3.63, 3.8) is 0 Å². The fourth-order valence-electron chi connectivity index (χ4n) is 2.19. The Morgan fingerprint density at radius 3 is 2.76 bits per heavy atom. The van der Waals surface area contributed by atoms with Gasteiger partial charge in [-0.3, -0.25) is 4.90 Å². The lowest BCUT2D eigenvalue weighted by Crippen LogP contribution is -2.43. The highest BCUT2D eigenvalue weighted by Gasteiger charge is 2.32. The maximum Gasteiger partial charge on any atom is 0.410 e. The van der Waals surface area contributed by atoms with Gasteiger partial charge in [0.15, 0.2) is 0 Å². The highest BCUT2D eigenvalue weighted by Crippen LogP contribution is 2.33. The van der Waals surface area contributed by atoms with E-state index in [0.717, 1.165) is 21.5 Å². The average molecular weight is 393 g/mol. The van der Waals surface area contributed by atoms with E-state index in [1.165, 1.54) is 0 Å². The second kappa shape index (κ2) is 6.80. The summed E-state index contributed by atoms with van der Waals surface area (Å²) in [6.45, 7) is 6.34. The quantitative estimate of drug-likeness (QED) is 0.663. The first-order valence-corrected chi connectivity index (χ1v) is 9.12. The zero-order valence-corrected chi connectivity index (χ0v) is 15.5. The Bertz CT molecular complexity index is 513. The Balaban J connectivity index is 2.24. The largest absolute Gasteiger partial charge is 0.444 e. The van der Waals surface area contributed by atoms with Crippen molar-refractivity contribution >= 4 is 45.4 Å². The smallest absolute Gasteiger partial charge is 0.410 e. The van der Waals surface area contributed by atoms with E-state index in [2.05, 4.69) is 15.9 Å². The molecule has 1 atom stereocenters. The summed E-state index contributed by atoms with van der Waals surface area (Å²) in [6, 6.07) is 5.77. The molecule has 0 radical (unpaired) electrons. The lowest BCUT2D eigenvalue weighted by Gasteiger charge is -2.36. The number of amides is 1. The molecule has 116 valence electrons. The van der Waals surface area contributed by atoms with Gasteiger partial charge in [-0.05, 0) is 44.5 Å². The molecule has 3 nitrogen and oxygen atoms in total. The van der Waals surface area contributed by atoms with E-state index >= 15 is 0 Å². The number of carbonyl (C=O) groups excluding carboxylic acids is 1. The van der Waals surface area contributed by atoms with Crippen molar-refractivity contribution < 1.29 is 9.53 Å². The second-order valence-electron chi connectivity index (χ2n) is 5.97. The number of benzene rings is 1. The molecule has 1 aromatic carbocycles. The number of rotatable bonds is 1. The van der Waals surface area contributed by atoms with Gasteiger partial charge in [0.25, 0.3) is 0 Å². The van der Waals surface area contributed by atoms with Gasteiger partial charge in [0.05, 0.1) is 6.04 Å². The second-order valence-corrected chi connectivity index (χ2v) is 8.47. The first-order chi connectivity index (χ1) is 9.76. The molecule has 1 unspecified atom stereocenters. The molecule has 1 saturated heterocycles. The predicted molar refractivity (Wildman–Crippen MR) is 92.2 cm³/mol. The topological polar surface area (TPSA) is 29.5 Å². The van der Waals surface area contributed by atoms with Crippen molar-refractivity contribution in [3.8, 4) is 0 Å². The number of carbonyl (C=O) groups is 1. The van der Waals surface area contributed by atoms with Crippen LogP contribution in [0.1, 0.15) is 32.4 Å². The van der Waals surface area contributed by atoms with E-state index in [4.69, 9.17) is 16.3 Å². The van der Waals surface area contributed by atoms with E-state index < -0.39 is 5.60 Å². The molecule has 21 heavy (non-hydrogen) atoms. The molecule has 2 rings (SSSR count). The first-order valence-electron chi connectivity index (χ1n) is 6.79. The van der Waals surface area contributed by atoms with Gasteiger partial charge in [-0.2, -0.15) is 11.8 Å². The number of thioether (sulfide) groups is 1. The van der Waals surface area contributed by atoms with Gasteiger partial charge in [0.1, 0.15) is 5.60 Å². The van der Waals surface area contributed by atoms with E-state index in [0.29, 0.717) is 11.6 Å². The SMILES string of the molecule is CC(C)(C)OC(=O)N1CCSCC1c1cc(Cl)cc(Br)c1. The van der Waals surface area contributed by atoms with Crippen LogP contribution in [0.5, 0.6) is 0 Å². The highest BCUT2D eigenvalue weighted by atomic mass is 79.9. The molecule has 1 amide bonds. The molecule has 0 aliphatic carbocycles. The van der Waals surface area contributed by atoms with Crippen molar-refractivity contribution in [1.29, 1.82) is 0 Å². The van der Waals surface area contributed by atoms with E-state index in [-0.39, 0.29) is 12.1 Å². The average Bonchev–Trinajstić information content (AvgIpc) is 2.35. The lowest BCUT2D eigenvalue weighted by atomic mass is 10.1. The molecule has 1 heterocycles. The minimum Gasteiger partial charge on any atom is -0.444 e. The first kappa shape index (κ1) is 17.0. The summed E-state index contributed by atoms with van der Waals surface area (Å²) in [4.78, 5) is 14.2. The van der Waals surface area contributed by atoms with Gasteiger partial charge >= 0.3 is 6.09 Å². The predicted octanol–water partition coefficient (Wildman–Crippen LogP) is 5.13. The molecule has 1 aromatic rings. The summed E-state index contributed by atoms with van der Waals surface area (Å²) in [7, 11) is 0. The summed E-state index contributed by atoms with van der Waals surface area (Å²) in [6.07, 6.45) is -0.260. The molecule has 0 saturated carbocycles. The van der Waals surface area contributed by atoms with Gasteiger partial charge in [-0.25, -0.2) is 4.79 Å². The molecule has 1 aliphatic heterocycles. The van der Waals surface area contributed by atoms with Crippen LogP contribution in [0.15, 0.2) is 22.7 Å². The van der Waals surface area contributed by atoms with Crippen LogP contribution >= 0.6 is 39.3 Å². The van der Waals surface area contributed by atoms with Gasteiger partial charge in [-0.1, -0.05) is 27.5 Å². The summed E-state index contributed by atoms with van der Waals surface area (Å²) in [5, 5.41) is 0.666. The van der Waals surface area contributed by atoms with Crippen molar-refractivity contribution in [2.45, 2.75) is 32.4 Å². The van der Waals surface area contributed by atoms with E-state index in [1.807, 2.05) is 50.7 Å². The van der Waals surface area contributed by atoms with Gasteiger partial charge in [0, 0.05) is 27.5 Å². The summed E-state index contributed by atoms with van der Waals surface area (Å²) < 4.78 is 6.44. The third-order valence-electron chi connectivity index (χ3n) is 3.03. The maximum absolute atomic E-state index is 12.4. The Morgan fingerprint density at radius 2 is 2.14 bits per heavy atom. The molecule has 0 N–H and O–H groups in total. The fourth-order valence-corrected chi connectivity index (χ4v) is 4.16. The maximum atomic E-state index is 12.4. The molecule has 0 bridgehead atoms. The minimum atomic E-state index is -0.485. The van der Waals surface area contributed by atoms with Crippen LogP contribution in [-0.2, 0) is 4.74 Å². The highest BCUT2D eigenvalue weighted by molar-refractivity contribution is 9.10. The molecule has 1 fully saturated rings. The Labute approximate surface area is 143 Å². The fraction of sp³-hybridized carbons (Fsp3) is 0.533. The molecule has 1 aliphatic rings. The Kier molecular flexibility index (Phi) is 5.49. The van der Waals surface area contributed by atoms with Crippen molar-refractivity contribution in [2.75, 3.05) is 18.1 Å². The van der Waals surface area contributed by atoms with Crippen LogP contribution in [0.4, 0.5) is 4.79 Å². The van der Waals surface area contributed by atoms with Crippen LogP contribution < -0.4 is 0 Å². The van der Waals surface area contributed by atoms with E-state index in [9.17, 15) is 4.79 Å². The van der Waals surface area contributed by atoms with Crippen molar-refractivity contribution in [2.24, 2.45) is 0 Å². The monoisotopic (exact) mass is 391 g/mol. The van der Waals surface area contributed by atoms with Gasteiger partial charge in [-0.15, -0.1) is 0 Å². The number of hydrogen-bond donors (Lipinski definition) is 0. The number of halogens is 2. The lowest BCUT2D eigenvalue weighted by molar-refractivity contribution is 0.0185. The molecule has 0 spiro atoms. The number of ether oxygens (including phenoxy) is 1. The zero-order chi connectivity index (χ0) is 15.6. The minimum absolute atomic E-state index is 0.00593. The standard InChI is InChI=1S/C15H19BrClNO2S/c1-15(2,3)20-14(19)18-4-5-21-9-13(18)10-6-11(16)8-12(17)7-10/h6-8,13H,4-5,9H2,1-3H3. The number of hydrogen-bond acceptors (Lipinski definition) is 3. The summed E-state index contributed by atoms with van der Waals surface area (Å²) in [5.41, 5.74) is 0.550. The summed E-state index contributed by atoms with van der Waals surface area (Å²) in [5.74, 6) is 1.78. The van der Waals surface area contributed by atoms with Crippen LogP contribution in [0, 0.1) is 0 Å². The van der Waals surface area contributed by atoms with Crippen LogP contribution in [0.2, 0.25) is 5.02 Å². The van der Waals surface area contributed by atoms with Crippen LogP contribution in [-0.4, -0.2) is 34.6 Å². The van der Waals surface area contributed by atoms with Gasteiger partial charge in [0.2, 0.25) is 0 Å². The zero-order valence-electron chi connectivity index (χ0n) is 12.4. The van der Waals surface area contributed by atoms with Crippen LogP contribution in [0.3, 0.4) is 0 Å². The van der Waals surface area contributed by atoms with Gasteiger partial charge < -0.3 is 4.74 Å². The van der Waals surface area contributed by atoms with Crippen molar-refractivity contribution in [1.82, 2.24) is 4.90 Å². The van der Waals surface area contributed by atoms with E-state index in [1.54, 1.807) is 4.90 Å². The summed E-state index contributed by atoms with van der Waals surface area (Å²) >= 11 is 11.4. The normalized spacial score (nSPS) is 19.5.